The summed E-state index contributed by atoms with van der Waals surface area (Å²) in [5.41, 5.74) is 9.53. The van der Waals surface area contributed by atoms with Crippen molar-refractivity contribution in [1.82, 2.24) is 5.32 Å². The van der Waals surface area contributed by atoms with Crippen molar-refractivity contribution in [2.45, 2.75) is 19.9 Å². The van der Waals surface area contributed by atoms with Crippen LogP contribution in [-0.2, 0) is 13.0 Å². The first kappa shape index (κ1) is 14.3. The zero-order valence-corrected chi connectivity index (χ0v) is 11.7. The Morgan fingerprint density at radius 2 is 1.85 bits per heavy atom. The Bertz CT molecular complexity index is 593. The molecule has 0 saturated heterocycles. The van der Waals surface area contributed by atoms with E-state index < -0.39 is 0 Å². The Kier molecular flexibility index (Phi) is 4.91. The van der Waals surface area contributed by atoms with E-state index in [9.17, 15) is 4.79 Å². The lowest BCUT2D eigenvalue weighted by Crippen LogP contribution is -2.17. The quantitative estimate of drug-likeness (QED) is 0.791. The van der Waals surface area contributed by atoms with E-state index in [0.29, 0.717) is 5.56 Å². The number of aryl methyl sites for hydroxylation is 1. The number of carbonyl (C=O) groups excluding carboxylic acids is 1. The zero-order chi connectivity index (χ0) is 14.4. The fourth-order valence-corrected chi connectivity index (χ4v) is 2.17. The van der Waals surface area contributed by atoms with Crippen LogP contribution < -0.4 is 11.1 Å². The minimum absolute atomic E-state index is 0.375. The number of hydrogen-bond acceptors (Lipinski definition) is 2. The molecule has 0 bridgehead atoms. The van der Waals surface area contributed by atoms with Crippen molar-refractivity contribution in [3.63, 3.8) is 0 Å². The second-order valence-corrected chi connectivity index (χ2v) is 4.98. The summed E-state index contributed by atoms with van der Waals surface area (Å²) in [6, 6.07) is 16.0. The van der Waals surface area contributed by atoms with Gasteiger partial charge in [-0.2, -0.15) is 0 Å². The third-order valence-corrected chi connectivity index (χ3v) is 3.21. The molecule has 2 aromatic carbocycles. The largest absolute Gasteiger partial charge is 0.366 e. The van der Waals surface area contributed by atoms with Crippen LogP contribution in [0.5, 0.6) is 0 Å². The molecule has 1 amide bonds. The van der Waals surface area contributed by atoms with Crippen LogP contribution >= 0.6 is 0 Å². The number of carbonyl (C=O) groups is 1. The second-order valence-electron chi connectivity index (χ2n) is 4.98. The SMILES string of the molecule is Cc1cccc(CNCCc2cccc(C(N)=O)c2)c1. The Labute approximate surface area is 119 Å². The molecule has 0 radical (unpaired) electrons. The molecule has 2 aromatic rings. The number of hydrogen-bond donors (Lipinski definition) is 2. The highest BCUT2D eigenvalue weighted by Crippen LogP contribution is 2.06. The molecule has 0 aromatic heterocycles. The van der Waals surface area contributed by atoms with Gasteiger partial charge in [0, 0.05) is 12.1 Å². The highest BCUT2D eigenvalue weighted by atomic mass is 16.1. The van der Waals surface area contributed by atoms with Gasteiger partial charge in [-0.15, -0.1) is 0 Å². The lowest BCUT2D eigenvalue weighted by Gasteiger charge is -2.06. The third-order valence-electron chi connectivity index (χ3n) is 3.21. The van der Waals surface area contributed by atoms with Gasteiger partial charge in [0.05, 0.1) is 0 Å². The van der Waals surface area contributed by atoms with Crippen LogP contribution in [0.4, 0.5) is 0 Å². The Hall–Kier alpha value is -2.13. The van der Waals surface area contributed by atoms with E-state index in [4.69, 9.17) is 5.73 Å². The smallest absolute Gasteiger partial charge is 0.248 e. The number of nitrogens with two attached hydrogens (primary N) is 1. The average molecular weight is 268 g/mol. The molecule has 3 heteroatoms. The normalized spacial score (nSPS) is 10.4. The molecule has 0 spiro atoms. The number of rotatable bonds is 6. The van der Waals surface area contributed by atoms with Crippen molar-refractivity contribution >= 4 is 5.91 Å². The molecule has 0 heterocycles. The van der Waals surface area contributed by atoms with Gasteiger partial charge in [-0.3, -0.25) is 4.79 Å². The molecule has 0 unspecified atom stereocenters. The molecule has 0 aliphatic rings. The van der Waals surface area contributed by atoms with Crippen LogP contribution in [0, 0.1) is 6.92 Å². The number of primary amides is 1. The van der Waals surface area contributed by atoms with Crippen molar-refractivity contribution in [1.29, 1.82) is 0 Å². The van der Waals surface area contributed by atoms with E-state index >= 15 is 0 Å². The summed E-state index contributed by atoms with van der Waals surface area (Å²) < 4.78 is 0. The summed E-state index contributed by atoms with van der Waals surface area (Å²) in [5, 5.41) is 3.41. The Morgan fingerprint density at radius 3 is 2.60 bits per heavy atom. The van der Waals surface area contributed by atoms with E-state index in [-0.39, 0.29) is 5.91 Å². The van der Waals surface area contributed by atoms with Crippen LogP contribution in [0.3, 0.4) is 0 Å². The third kappa shape index (κ3) is 4.21. The summed E-state index contributed by atoms with van der Waals surface area (Å²) >= 11 is 0. The highest BCUT2D eigenvalue weighted by molar-refractivity contribution is 5.92. The molecule has 0 aliphatic heterocycles. The molecule has 3 N–H and O–H groups in total. The van der Waals surface area contributed by atoms with Crippen molar-refractivity contribution in [3.05, 3.63) is 70.8 Å². The minimum Gasteiger partial charge on any atom is -0.366 e. The zero-order valence-electron chi connectivity index (χ0n) is 11.7. The first-order valence-electron chi connectivity index (χ1n) is 6.80. The van der Waals surface area contributed by atoms with Crippen molar-refractivity contribution < 1.29 is 4.79 Å². The van der Waals surface area contributed by atoms with Gasteiger partial charge < -0.3 is 11.1 Å². The van der Waals surface area contributed by atoms with Crippen molar-refractivity contribution in [2.24, 2.45) is 5.73 Å². The molecule has 3 nitrogen and oxygen atoms in total. The molecule has 0 fully saturated rings. The summed E-state index contributed by atoms with van der Waals surface area (Å²) in [6.07, 6.45) is 0.882. The number of amides is 1. The maximum Gasteiger partial charge on any atom is 0.248 e. The monoisotopic (exact) mass is 268 g/mol. The topological polar surface area (TPSA) is 55.1 Å². The first-order valence-corrected chi connectivity index (χ1v) is 6.80. The summed E-state index contributed by atoms with van der Waals surface area (Å²) in [4.78, 5) is 11.1. The van der Waals surface area contributed by atoms with E-state index in [1.807, 2.05) is 18.2 Å². The molecule has 104 valence electrons. The van der Waals surface area contributed by atoms with E-state index in [1.165, 1.54) is 11.1 Å². The van der Waals surface area contributed by atoms with Crippen LogP contribution in [-0.4, -0.2) is 12.5 Å². The molecular weight excluding hydrogens is 248 g/mol. The fourth-order valence-electron chi connectivity index (χ4n) is 2.17. The van der Waals surface area contributed by atoms with Gasteiger partial charge >= 0.3 is 0 Å². The molecule has 0 atom stereocenters. The van der Waals surface area contributed by atoms with E-state index in [0.717, 1.165) is 25.1 Å². The predicted octanol–water partition coefficient (Wildman–Crippen LogP) is 2.43. The average Bonchev–Trinajstić information content (AvgIpc) is 2.44. The van der Waals surface area contributed by atoms with E-state index in [2.05, 4.69) is 36.5 Å². The van der Waals surface area contributed by atoms with Crippen molar-refractivity contribution in [2.75, 3.05) is 6.54 Å². The van der Waals surface area contributed by atoms with Gasteiger partial charge in [0.15, 0.2) is 0 Å². The molecular formula is C17H20N2O. The molecule has 0 aliphatic carbocycles. The van der Waals surface area contributed by atoms with E-state index in [1.54, 1.807) is 6.07 Å². The first-order chi connectivity index (χ1) is 9.65. The van der Waals surface area contributed by atoms with Crippen LogP contribution in [0.1, 0.15) is 27.0 Å². The van der Waals surface area contributed by atoms with Crippen LogP contribution in [0.15, 0.2) is 48.5 Å². The Morgan fingerprint density at radius 1 is 1.10 bits per heavy atom. The standard InChI is InChI=1S/C17H20N2O/c1-13-4-2-6-15(10-13)12-19-9-8-14-5-3-7-16(11-14)17(18)20/h2-7,10-11,19H,8-9,12H2,1H3,(H2,18,20). The summed E-state index contributed by atoms with van der Waals surface area (Å²) in [6.45, 7) is 3.83. The minimum atomic E-state index is -0.375. The van der Waals surface area contributed by atoms with Gasteiger partial charge in [-0.05, 0) is 43.1 Å². The molecule has 20 heavy (non-hydrogen) atoms. The van der Waals surface area contributed by atoms with Crippen molar-refractivity contribution in [3.8, 4) is 0 Å². The van der Waals surface area contributed by atoms with Gasteiger partial charge in [0.1, 0.15) is 0 Å². The lowest BCUT2D eigenvalue weighted by molar-refractivity contribution is 0.1000. The van der Waals surface area contributed by atoms with Crippen LogP contribution in [0.25, 0.3) is 0 Å². The number of nitrogens with one attached hydrogen (secondary N) is 1. The summed E-state index contributed by atoms with van der Waals surface area (Å²) in [7, 11) is 0. The van der Waals surface area contributed by atoms with Crippen LogP contribution in [0.2, 0.25) is 0 Å². The highest BCUT2D eigenvalue weighted by Gasteiger charge is 2.01. The number of benzene rings is 2. The van der Waals surface area contributed by atoms with Gasteiger partial charge in [0.2, 0.25) is 5.91 Å². The fraction of sp³-hybridized carbons (Fsp3) is 0.235. The maximum atomic E-state index is 11.1. The van der Waals surface area contributed by atoms with Gasteiger partial charge in [0.25, 0.3) is 0 Å². The predicted molar refractivity (Wildman–Crippen MR) is 81.5 cm³/mol. The molecule has 0 saturated carbocycles. The Balaban J connectivity index is 1.81. The second kappa shape index (κ2) is 6.87. The molecule has 2 rings (SSSR count). The lowest BCUT2D eigenvalue weighted by atomic mass is 10.1. The van der Waals surface area contributed by atoms with Gasteiger partial charge in [-0.25, -0.2) is 0 Å². The maximum absolute atomic E-state index is 11.1. The van der Waals surface area contributed by atoms with Gasteiger partial charge in [-0.1, -0.05) is 42.0 Å². The summed E-state index contributed by atoms with van der Waals surface area (Å²) in [5.74, 6) is -0.375.